The summed E-state index contributed by atoms with van der Waals surface area (Å²) in [5.41, 5.74) is 0.742. The van der Waals surface area contributed by atoms with Gasteiger partial charge in [0.05, 0.1) is 10.1 Å². The van der Waals surface area contributed by atoms with Crippen LogP contribution in [0.15, 0.2) is 53.4 Å². The summed E-state index contributed by atoms with van der Waals surface area (Å²) in [4.78, 5) is 25.0. The lowest BCUT2D eigenvalue weighted by Crippen LogP contribution is -2.35. The smallest absolute Gasteiger partial charge is 0.323 e. The van der Waals surface area contributed by atoms with Gasteiger partial charge in [0.15, 0.2) is 9.84 Å². The van der Waals surface area contributed by atoms with Crippen molar-refractivity contribution in [3.8, 4) is 0 Å². The Morgan fingerprint density at radius 2 is 1.59 bits per heavy atom. The Hall–Kier alpha value is -2.74. The van der Waals surface area contributed by atoms with Crippen molar-refractivity contribution in [3.63, 3.8) is 0 Å². The van der Waals surface area contributed by atoms with Gasteiger partial charge < -0.3 is 10.0 Å². The minimum atomic E-state index is -3.47. The van der Waals surface area contributed by atoms with E-state index in [0.29, 0.717) is 5.56 Å². The molecule has 2 rings (SSSR count). The van der Waals surface area contributed by atoms with Crippen molar-refractivity contribution < 1.29 is 27.5 Å². The molecule has 1 amide bonds. The first-order valence-electron chi connectivity index (χ1n) is 8.20. The monoisotopic (exact) mass is 393 g/mol. The molecule has 8 heteroatoms. The van der Waals surface area contributed by atoms with Crippen LogP contribution in [0, 0.1) is 5.82 Å². The highest BCUT2D eigenvalue weighted by Gasteiger charge is 2.22. The summed E-state index contributed by atoms with van der Waals surface area (Å²) in [5, 5.41) is 8.48. The van der Waals surface area contributed by atoms with Crippen LogP contribution in [0.25, 0.3) is 0 Å². The third kappa shape index (κ3) is 5.13. The molecule has 6 nitrogen and oxygen atoms in total. The number of nitrogens with zero attached hydrogens (tertiary/aromatic N) is 1. The van der Waals surface area contributed by atoms with Crippen LogP contribution >= 0.6 is 0 Å². The average Bonchev–Trinajstić information content (AvgIpc) is 2.62. The van der Waals surface area contributed by atoms with Crippen molar-refractivity contribution in [2.75, 3.05) is 6.54 Å². The lowest BCUT2D eigenvalue weighted by atomic mass is 10.1. The molecule has 0 radical (unpaired) electrons. The van der Waals surface area contributed by atoms with Gasteiger partial charge >= 0.3 is 5.97 Å². The molecule has 0 saturated heterocycles. The number of halogens is 1. The van der Waals surface area contributed by atoms with Crippen molar-refractivity contribution in [1.82, 2.24) is 4.90 Å². The van der Waals surface area contributed by atoms with E-state index in [9.17, 15) is 22.4 Å². The van der Waals surface area contributed by atoms with Gasteiger partial charge in [0, 0.05) is 12.1 Å². The molecule has 0 saturated carbocycles. The van der Waals surface area contributed by atoms with E-state index in [1.54, 1.807) is 13.8 Å². The van der Waals surface area contributed by atoms with Crippen LogP contribution in [0.5, 0.6) is 0 Å². The highest BCUT2D eigenvalue weighted by atomic mass is 32.2. The lowest BCUT2D eigenvalue weighted by molar-refractivity contribution is -0.137. The van der Waals surface area contributed by atoms with Gasteiger partial charge in [-0.3, -0.25) is 9.59 Å². The molecule has 0 spiro atoms. The van der Waals surface area contributed by atoms with Crippen molar-refractivity contribution >= 4 is 21.7 Å². The lowest BCUT2D eigenvalue weighted by Gasteiger charge is -2.21. The maximum atomic E-state index is 13.0. The molecular formula is C19H20FNO5S. The molecule has 0 bridgehead atoms. The molecule has 0 aromatic heterocycles. The predicted molar refractivity (Wildman–Crippen MR) is 97.5 cm³/mol. The van der Waals surface area contributed by atoms with Gasteiger partial charge in [0.2, 0.25) is 0 Å². The SMILES string of the molecule is CC(C)S(=O)(=O)c1ccc(C(=O)N(CC(=O)O)Cc2ccc(F)cc2)cc1. The minimum absolute atomic E-state index is 0.0164. The van der Waals surface area contributed by atoms with Gasteiger partial charge in [-0.1, -0.05) is 12.1 Å². The highest BCUT2D eigenvalue weighted by Crippen LogP contribution is 2.18. The summed E-state index contributed by atoms with van der Waals surface area (Å²) in [5.74, 6) is -2.18. The zero-order chi connectivity index (χ0) is 20.2. The summed E-state index contributed by atoms with van der Waals surface area (Å²) < 4.78 is 37.3. The molecule has 0 unspecified atom stereocenters. The summed E-state index contributed by atoms with van der Waals surface area (Å²) in [6.45, 7) is 2.57. The molecule has 0 aliphatic rings. The maximum Gasteiger partial charge on any atom is 0.323 e. The van der Waals surface area contributed by atoms with E-state index in [-0.39, 0.29) is 17.0 Å². The number of sulfone groups is 1. The van der Waals surface area contributed by atoms with Crippen molar-refractivity contribution in [3.05, 3.63) is 65.5 Å². The number of amides is 1. The fourth-order valence-corrected chi connectivity index (χ4v) is 3.47. The number of rotatable bonds is 7. The Bertz CT molecular complexity index is 922. The van der Waals surface area contributed by atoms with E-state index < -0.39 is 39.3 Å². The molecular weight excluding hydrogens is 373 g/mol. The van der Waals surface area contributed by atoms with Crippen LogP contribution in [0.1, 0.15) is 29.8 Å². The van der Waals surface area contributed by atoms with E-state index in [0.717, 1.165) is 4.90 Å². The second kappa shape index (κ2) is 8.30. The molecule has 1 N–H and O–H groups in total. The van der Waals surface area contributed by atoms with Crippen LogP contribution in [-0.4, -0.2) is 42.1 Å². The second-order valence-corrected chi connectivity index (χ2v) is 8.80. The van der Waals surface area contributed by atoms with Crippen LogP contribution in [0.3, 0.4) is 0 Å². The average molecular weight is 393 g/mol. The van der Waals surface area contributed by atoms with E-state index >= 15 is 0 Å². The second-order valence-electron chi connectivity index (χ2n) is 6.30. The first-order chi connectivity index (χ1) is 12.6. The Balaban J connectivity index is 2.26. The summed E-state index contributed by atoms with van der Waals surface area (Å²) in [6, 6.07) is 10.8. The first-order valence-corrected chi connectivity index (χ1v) is 9.75. The van der Waals surface area contributed by atoms with Gasteiger partial charge in [0.25, 0.3) is 5.91 Å². The van der Waals surface area contributed by atoms with Crippen LogP contribution in [0.2, 0.25) is 0 Å². The molecule has 0 aliphatic carbocycles. The molecule has 0 aliphatic heterocycles. The summed E-state index contributed by atoms with van der Waals surface area (Å²) in [6.07, 6.45) is 0. The summed E-state index contributed by atoms with van der Waals surface area (Å²) in [7, 11) is -3.47. The van der Waals surface area contributed by atoms with Gasteiger partial charge in [-0.25, -0.2) is 12.8 Å². The standard InChI is InChI=1S/C19H20FNO5S/c1-13(2)27(25,26)17-9-5-15(6-10-17)19(24)21(12-18(22)23)11-14-3-7-16(20)8-4-14/h3-10,13H,11-12H2,1-2H3,(H,22,23). The number of benzene rings is 2. The van der Waals surface area contributed by atoms with Crippen molar-refractivity contribution in [1.29, 1.82) is 0 Å². The quantitative estimate of drug-likeness (QED) is 0.781. The van der Waals surface area contributed by atoms with Crippen molar-refractivity contribution in [2.24, 2.45) is 0 Å². The number of carbonyl (C=O) groups is 2. The molecule has 0 fully saturated rings. The third-order valence-corrected chi connectivity index (χ3v) is 6.12. The molecule has 144 valence electrons. The van der Waals surface area contributed by atoms with Crippen LogP contribution in [0.4, 0.5) is 4.39 Å². The molecule has 27 heavy (non-hydrogen) atoms. The van der Waals surface area contributed by atoms with E-state index in [1.165, 1.54) is 48.5 Å². The van der Waals surface area contributed by atoms with E-state index in [1.807, 2.05) is 0 Å². The zero-order valence-electron chi connectivity index (χ0n) is 14.9. The Labute approximate surface area is 157 Å². The minimum Gasteiger partial charge on any atom is -0.480 e. The van der Waals surface area contributed by atoms with Gasteiger partial charge in [-0.2, -0.15) is 0 Å². The van der Waals surface area contributed by atoms with Gasteiger partial charge in [0.1, 0.15) is 12.4 Å². The number of carboxylic acids is 1. The number of hydrogen-bond acceptors (Lipinski definition) is 4. The first kappa shape index (κ1) is 20.6. The Morgan fingerprint density at radius 1 is 1.04 bits per heavy atom. The number of hydrogen-bond donors (Lipinski definition) is 1. The molecule has 2 aromatic carbocycles. The Kier molecular flexibility index (Phi) is 6.32. The molecule has 0 heterocycles. The van der Waals surface area contributed by atoms with Crippen molar-refractivity contribution in [2.45, 2.75) is 30.5 Å². The van der Waals surface area contributed by atoms with Gasteiger partial charge in [-0.15, -0.1) is 0 Å². The van der Waals surface area contributed by atoms with Gasteiger partial charge in [-0.05, 0) is 55.8 Å². The zero-order valence-corrected chi connectivity index (χ0v) is 15.7. The third-order valence-electron chi connectivity index (χ3n) is 3.95. The fourth-order valence-electron chi connectivity index (χ4n) is 2.41. The fraction of sp³-hybridized carbons (Fsp3) is 0.263. The topological polar surface area (TPSA) is 91.8 Å². The number of carbonyl (C=O) groups excluding carboxylic acids is 1. The van der Waals surface area contributed by atoms with Crippen LogP contribution in [-0.2, 0) is 21.2 Å². The molecule has 0 atom stereocenters. The predicted octanol–water partition coefficient (Wildman–Crippen LogP) is 2.73. The van der Waals surface area contributed by atoms with Crippen LogP contribution < -0.4 is 0 Å². The largest absolute Gasteiger partial charge is 0.480 e. The van der Waals surface area contributed by atoms with E-state index in [4.69, 9.17) is 5.11 Å². The number of carboxylic acid groups (broad SMARTS) is 1. The highest BCUT2D eigenvalue weighted by molar-refractivity contribution is 7.92. The normalized spacial score (nSPS) is 11.4. The Morgan fingerprint density at radius 3 is 2.07 bits per heavy atom. The summed E-state index contributed by atoms with van der Waals surface area (Å²) >= 11 is 0. The molecule has 2 aromatic rings. The number of aliphatic carboxylic acids is 1. The maximum absolute atomic E-state index is 13.0. The van der Waals surface area contributed by atoms with E-state index in [2.05, 4.69) is 0 Å².